The summed E-state index contributed by atoms with van der Waals surface area (Å²) in [6.45, 7) is 6.39. The van der Waals surface area contributed by atoms with Crippen LogP contribution >= 0.6 is 0 Å². The number of aryl methyl sites for hydroxylation is 1. The van der Waals surface area contributed by atoms with Crippen LogP contribution in [0.2, 0.25) is 0 Å². The van der Waals surface area contributed by atoms with Gasteiger partial charge in [0, 0.05) is 57.0 Å². The maximum absolute atomic E-state index is 5.43. The quantitative estimate of drug-likeness (QED) is 0.819. The zero-order valence-electron chi connectivity index (χ0n) is 13.9. The lowest BCUT2D eigenvalue weighted by molar-refractivity contribution is 0.133. The van der Waals surface area contributed by atoms with Crippen molar-refractivity contribution < 1.29 is 9.26 Å². The van der Waals surface area contributed by atoms with Crippen molar-refractivity contribution in [2.24, 2.45) is 5.92 Å². The number of aromatic nitrogens is 3. The Morgan fingerprint density at radius 2 is 2.26 bits per heavy atom. The average Bonchev–Trinajstić information content (AvgIpc) is 3.08. The van der Waals surface area contributed by atoms with Crippen LogP contribution in [0.3, 0.4) is 0 Å². The van der Waals surface area contributed by atoms with Crippen LogP contribution < -0.4 is 0 Å². The van der Waals surface area contributed by atoms with E-state index in [0.717, 1.165) is 43.6 Å². The smallest absolute Gasteiger partial charge is 0.133 e. The summed E-state index contributed by atoms with van der Waals surface area (Å²) in [5.41, 5.74) is 3.55. The molecule has 6 heteroatoms. The van der Waals surface area contributed by atoms with Crippen LogP contribution in [0.5, 0.6) is 0 Å². The van der Waals surface area contributed by atoms with E-state index in [2.05, 4.69) is 20.9 Å². The summed E-state index contributed by atoms with van der Waals surface area (Å²) in [6.07, 6.45) is 4.93. The van der Waals surface area contributed by atoms with Crippen LogP contribution in [0.4, 0.5) is 0 Å². The second-order valence-electron chi connectivity index (χ2n) is 6.96. The Bertz CT molecular complexity index is 674. The van der Waals surface area contributed by atoms with E-state index in [-0.39, 0.29) is 0 Å². The Balaban J connectivity index is 1.52. The lowest BCUT2D eigenvalue weighted by Gasteiger charge is -2.30. The number of fused-ring (bicyclic) bond motifs is 1. The molecule has 0 bridgehead atoms. The average molecular weight is 316 g/mol. The molecule has 3 heterocycles. The molecule has 1 atom stereocenters. The molecular weight excluding hydrogens is 292 g/mol. The molecule has 2 aliphatic rings. The van der Waals surface area contributed by atoms with E-state index in [1.54, 1.807) is 7.11 Å². The highest BCUT2D eigenvalue weighted by Gasteiger charge is 2.30. The minimum atomic E-state index is 0.331. The Hall–Kier alpha value is -1.66. The van der Waals surface area contributed by atoms with E-state index >= 15 is 0 Å². The van der Waals surface area contributed by atoms with Crippen molar-refractivity contribution in [3.8, 4) is 0 Å². The van der Waals surface area contributed by atoms with E-state index in [4.69, 9.17) is 14.4 Å². The van der Waals surface area contributed by atoms with Gasteiger partial charge in [-0.2, -0.15) is 5.10 Å². The van der Waals surface area contributed by atoms with Gasteiger partial charge in [-0.05, 0) is 25.7 Å². The summed E-state index contributed by atoms with van der Waals surface area (Å²) >= 11 is 0. The van der Waals surface area contributed by atoms with Crippen LogP contribution in [0, 0.1) is 12.8 Å². The monoisotopic (exact) mass is 316 g/mol. The molecule has 0 radical (unpaired) electrons. The molecule has 1 fully saturated rings. The summed E-state index contributed by atoms with van der Waals surface area (Å²) in [7, 11) is 1.76. The first-order chi connectivity index (χ1) is 11.2. The molecule has 1 aliphatic carbocycles. The lowest BCUT2D eigenvalue weighted by Crippen LogP contribution is -2.34. The second-order valence-corrected chi connectivity index (χ2v) is 6.96. The van der Waals surface area contributed by atoms with Gasteiger partial charge in [0.05, 0.1) is 18.0 Å². The minimum Gasteiger partial charge on any atom is -0.384 e. The first-order valence-corrected chi connectivity index (χ1v) is 8.41. The minimum absolute atomic E-state index is 0.331. The van der Waals surface area contributed by atoms with Gasteiger partial charge in [0.1, 0.15) is 5.76 Å². The van der Waals surface area contributed by atoms with E-state index in [0.29, 0.717) is 12.5 Å². The Morgan fingerprint density at radius 1 is 1.39 bits per heavy atom. The topological polar surface area (TPSA) is 56.3 Å². The van der Waals surface area contributed by atoms with E-state index in [9.17, 15) is 0 Å². The predicted octanol–water partition coefficient (Wildman–Crippen LogP) is 2.34. The molecular formula is C17H24N4O2. The Morgan fingerprint density at radius 3 is 2.96 bits per heavy atom. The summed E-state index contributed by atoms with van der Waals surface area (Å²) < 4.78 is 12.8. The number of rotatable bonds is 6. The fourth-order valence-corrected chi connectivity index (χ4v) is 3.48. The van der Waals surface area contributed by atoms with Gasteiger partial charge >= 0.3 is 0 Å². The number of hydrogen-bond donors (Lipinski definition) is 0. The Labute approximate surface area is 136 Å². The van der Waals surface area contributed by atoms with Gasteiger partial charge < -0.3 is 9.26 Å². The van der Waals surface area contributed by atoms with E-state index in [1.165, 1.54) is 24.1 Å². The van der Waals surface area contributed by atoms with Crippen molar-refractivity contribution >= 4 is 0 Å². The van der Waals surface area contributed by atoms with Gasteiger partial charge in [-0.15, -0.1) is 0 Å². The zero-order chi connectivity index (χ0) is 15.8. The zero-order valence-corrected chi connectivity index (χ0v) is 13.9. The number of hydrogen-bond acceptors (Lipinski definition) is 5. The summed E-state index contributed by atoms with van der Waals surface area (Å²) in [6, 6.07) is 2.01. The van der Waals surface area contributed by atoms with Crippen molar-refractivity contribution in [1.82, 2.24) is 19.8 Å². The number of nitrogens with zero attached hydrogens (tertiary/aromatic N) is 4. The third-order valence-corrected chi connectivity index (χ3v) is 4.70. The number of ether oxygens (including phenoxy) is 1. The second kappa shape index (κ2) is 6.09. The first-order valence-electron chi connectivity index (χ1n) is 8.41. The molecule has 6 nitrogen and oxygen atoms in total. The van der Waals surface area contributed by atoms with Gasteiger partial charge in [0.2, 0.25) is 0 Å². The van der Waals surface area contributed by atoms with Gasteiger partial charge in [-0.3, -0.25) is 9.58 Å². The fourth-order valence-electron chi connectivity index (χ4n) is 3.48. The molecule has 0 aromatic carbocycles. The third kappa shape index (κ3) is 3.33. The van der Waals surface area contributed by atoms with Crippen LogP contribution in [0.15, 0.2) is 16.8 Å². The van der Waals surface area contributed by atoms with Gasteiger partial charge in [0.25, 0.3) is 0 Å². The highest BCUT2D eigenvalue weighted by molar-refractivity contribution is 5.25. The van der Waals surface area contributed by atoms with Crippen LogP contribution in [0.25, 0.3) is 0 Å². The molecule has 1 aliphatic heterocycles. The van der Waals surface area contributed by atoms with Crippen LogP contribution in [-0.2, 0) is 24.4 Å². The summed E-state index contributed by atoms with van der Waals surface area (Å²) in [4.78, 5) is 2.41. The molecule has 4 rings (SSSR count). The first kappa shape index (κ1) is 14.9. The van der Waals surface area contributed by atoms with Crippen molar-refractivity contribution in [2.75, 3.05) is 20.3 Å². The molecule has 23 heavy (non-hydrogen) atoms. The normalized spacial score (nSPS) is 21.6. The summed E-state index contributed by atoms with van der Waals surface area (Å²) in [5, 5.41) is 8.97. The maximum Gasteiger partial charge on any atom is 0.133 e. The van der Waals surface area contributed by atoms with Gasteiger partial charge in [-0.25, -0.2) is 0 Å². The van der Waals surface area contributed by atoms with Crippen LogP contribution in [-0.4, -0.2) is 40.1 Å². The van der Waals surface area contributed by atoms with Crippen molar-refractivity contribution in [2.45, 2.75) is 45.3 Å². The van der Waals surface area contributed by atoms with Gasteiger partial charge in [-0.1, -0.05) is 5.16 Å². The molecule has 0 amide bonds. The van der Waals surface area contributed by atoms with E-state index in [1.807, 2.05) is 13.0 Å². The molecule has 124 valence electrons. The fraction of sp³-hybridized carbons (Fsp3) is 0.647. The predicted molar refractivity (Wildman–Crippen MR) is 84.9 cm³/mol. The Kier molecular flexibility index (Phi) is 3.95. The molecule has 0 saturated heterocycles. The maximum atomic E-state index is 5.43. The van der Waals surface area contributed by atoms with Crippen molar-refractivity contribution in [1.29, 1.82) is 0 Å². The van der Waals surface area contributed by atoms with E-state index < -0.39 is 0 Å². The molecule has 0 spiro atoms. The molecule has 0 N–H and O–H groups in total. The molecule has 0 unspecified atom stereocenters. The molecule has 2 aromatic heterocycles. The van der Waals surface area contributed by atoms with Gasteiger partial charge in [0.15, 0.2) is 0 Å². The third-order valence-electron chi connectivity index (χ3n) is 4.70. The van der Waals surface area contributed by atoms with Crippen LogP contribution in [0.1, 0.15) is 41.5 Å². The number of methoxy groups -OCH3 is 1. The highest BCUT2D eigenvalue weighted by Crippen LogP contribution is 2.33. The lowest BCUT2D eigenvalue weighted by atomic mass is 9.97. The molecule has 1 saturated carbocycles. The largest absolute Gasteiger partial charge is 0.384 e. The van der Waals surface area contributed by atoms with Crippen molar-refractivity contribution in [3.05, 3.63) is 35.0 Å². The standard InChI is InChI=1S/C17H24N4O2/c1-12-5-16(19-23-12)10-20-7-14-9-21(6-13-3-4-13)18-17(14)15(8-20)11-22-2/h5,9,13,15H,3-4,6-8,10-11H2,1-2H3/t15-/m1/s1. The molecule has 2 aromatic rings. The SMILES string of the molecule is COC[C@H]1CN(Cc2cc(C)on2)Cc2cn(CC3CC3)nc21. The van der Waals surface area contributed by atoms with Crippen molar-refractivity contribution in [3.63, 3.8) is 0 Å². The summed E-state index contributed by atoms with van der Waals surface area (Å²) in [5.74, 6) is 2.03. The highest BCUT2D eigenvalue weighted by atomic mass is 16.5.